The number of amides is 1. The Labute approximate surface area is 169 Å². The molecule has 1 amide bonds. The quantitative estimate of drug-likeness (QED) is 0.656. The average Bonchev–Trinajstić information content (AvgIpc) is 2.70. The van der Waals surface area contributed by atoms with Gasteiger partial charge in [-0.2, -0.15) is 0 Å². The van der Waals surface area contributed by atoms with E-state index < -0.39 is 11.7 Å². The second-order valence-corrected chi connectivity index (χ2v) is 6.89. The van der Waals surface area contributed by atoms with E-state index in [1.807, 2.05) is 43.3 Å². The van der Waals surface area contributed by atoms with Crippen LogP contribution in [0, 0.1) is 12.7 Å². The van der Waals surface area contributed by atoms with Crippen LogP contribution in [0.25, 0.3) is 0 Å². The summed E-state index contributed by atoms with van der Waals surface area (Å²) in [6, 6.07) is 15.4. The van der Waals surface area contributed by atoms with Crippen LogP contribution in [0.1, 0.15) is 27.2 Å². The average molecular weight is 393 g/mol. The lowest BCUT2D eigenvalue weighted by Crippen LogP contribution is -2.27. The van der Waals surface area contributed by atoms with Gasteiger partial charge in [0.2, 0.25) is 0 Å². The Hall–Kier alpha value is -3.25. The van der Waals surface area contributed by atoms with Crippen LogP contribution in [0.4, 0.5) is 4.39 Å². The number of aromatic nitrogens is 1. The summed E-state index contributed by atoms with van der Waals surface area (Å²) in [5, 5.41) is 0. The number of nitrogens with two attached hydrogens (primary N) is 1. The molecule has 6 heteroatoms. The molecule has 0 bridgehead atoms. The maximum absolute atomic E-state index is 14.3. The van der Waals surface area contributed by atoms with Crippen molar-refractivity contribution >= 4 is 5.91 Å². The lowest BCUT2D eigenvalue weighted by atomic mass is 10.1. The molecule has 0 aliphatic rings. The van der Waals surface area contributed by atoms with E-state index in [9.17, 15) is 9.18 Å². The number of carbonyl (C=O) groups excluding carboxylic acids is 1. The fourth-order valence-electron chi connectivity index (χ4n) is 3.01. The number of rotatable bonds is 7. The minimum Gasteiger partial charge on any atom is -0.457 e. The minimum atomic E-state index is -0.585. The third kappa shape index (κ3) is 5.39. The van der Waals surface area contributed by atoms with Gasteiger partial charge < -0.3 is 15.4 Å². The van der Waals surface area contributed by atoms with Crippen LogP contribution in [0.3, 0.4) is 0 Å². The molecule has 1 aromatic heterocycles. The molecule has 1 heterocycles. The van der Waals surface area contributed by atoms with Gasteiger partial charge in [-0.1, -0.05) is 12.1 Å². The molecule has 2 N–H and O–H groups in total. The van der Waals surface area contributed by atoms with Crippen molar-refractivity contribution in [2.24, 2.45) is 5.73 Å². The summed E-state index contributed by atoms with van der Waals surface area (Å²) in [6.07, 6.45) is 2.48. The molecule has 3 aromatic rings. The molecule has 29 heavy (non-hydrogen) atoms. The Morgan fingerprint density at radius 1 is 1.07 bits per heavy atom. The number of halogens is 1. The van der Waals surface area contributed by atoms with E-state index in [-0.39, 0.29) is 5.56 Å². The first-order chi connectivity index (χ1) is 14.0. The van der Waals surface area contributed by atoms with Crippen molar-refractivity contribution in [3.05, 3.63) is 89.0 Å². The van der Waals surface area contributed by atoms with Crippen molar-refractivity contribution in [1.82, 2.24) is 9.88 Å². The molecule has 0 unspecified atom stereocenters. The van der Waals surface area contributed by atoms with Gasteiger partial charge in [0.25, 0.3) is 5.91 Å². The maximum atomic E-state index is 14.3. The third-order valence-corrected chi connectivity index (χ3v) is 4.49. The topological polar surface area (TPSA) is 68.5 Å². The summed E-state index contributed by atoms with van der Waals surface area (Å²) < 4.78 is 20.1. The van der Waals surface area contributed by atoms with Crippen molar-refractivity contribution in [2.45, 2.75) is 19.9 Å². The lowest BCUT2D eigenvalue weighted by Gasteiger charge is -2.18. The molecule has 5 nitrogen and oxygen atoms in total. The zero-order chi connectivity index (χ0) is 20.8. The van der Waals surface area contributed by atoms with Crippen molar-refractivity contribution < 1.29 is 13.9 Å². The second kappa shape index (κ2) is 9.30. The first kappa shape index (κ1) is 20.5. The molecule has 0 radical (unpaired) electrons. The Kier molecular flexibility index (Phi) is 6.57. The monoisotopic (exact) mass is 393 g/mol. The number of nitrogens with zero attached hydrogens (tertiary/aromatic N) is 2. The molecule has 0 aliphatic heterocycles. The fourth-order valence-corrected chi connectivity index (χ4v) is 3.01. The SMILES string of the molecule is Cc1cc(CN(C)C(=O)c2cc(Oc3ccc(CCN)cc3)ccc2F)ccn1. The van der Waals surface area contributed by atoms with Crippen molar-refractivity contribution in [3.63, 3.8) is 0 Å². The maximum Gasteiger partial charge on any atom is 0.257 e. The van der Waals surface area contributed by atoms with Gasteiger partial charge in [-0.05, 0) is 73.5 Å². The summed E-state index contributed by atoms with van der Waals surface area (Å²) in [4.78, 5) is 18.4. The highest BCUT2D eigenvalue weighted by Gasteiger charge is 2.18. The molecular weight excluding hydrogens is 369 g/mol. The lowest BCUT2D eigenvalue weighted by molar-refractivity contribution is 0.0780. The molecule has 0 spiro atoms. The molecule has 0 saturated heterocycles. The van der Waals surface area contributed by atoms with Gasteiger partial charge in [-0.3, -0.25) is 9.78 Å². The molecular formula is C23H24FN3O2. The van der Waals surface area contributed by atoms with Gasteiger partial charge >= 0.3 is 0 Å². The Morgan fingerprint density at radius 2 is 1.79 bits per heavy atom. The van der Waals surface area contributed by atoms with Gasteiger partial charge in [0, 0.05) is 25.5 Å². The highest BCUT2D eigenvalue weighted by molar-refractivity contribution is 5.94. The van der Waals surface area contributed by atoms with Crippen LogP contribution in [0.2, 0.25) is 0 Å². The van der Waals surface area contributed by atoms with E-state index in [2.05, 4.69) is 4.98 Å². The van der Waals surface area contributed by atoms with E-state index in [0.717, 1.165) is 23.2 Å². The first-order valence-electron chi connectivity index (χ1n) is 9.39. The largest absolute Gasteiger partial charge is 0.457 e. The van der Waals surface area contributed by atoms with Gasteiger partial charge in [0.1, 0.15) is 17.3 Å². The predicted octanol–water partition coefficient (Wildman–Crippen LogP) is 4.09. The molecule has 0 atom stereocenters. The van der Waals surface area contributed by atoms with E-state index in [4.69, 9.17) is 10.5 Å². The zero-order valence-corrected chi connectivity index (χ0v) is 16.6. The molecule has 0 aliphatic carbocycles. The summed E-state index contributed by atoms with van der Waals surface area (Å²) in [5.74, 6) is 0.00462. The van der Waals surface area contributed by atoms with Crippen LogP contribution in [-0.4, -0.2) is 29.4 Å². The van der Waals surface area contributed by atoms with Crippen molar-refractivity contribution in [1.29, 1.82) is 0 Å². The van der Waals surface area contributed by atoms with Gasteiger partial charge in [-0.15, -0.1) is 0 Å². The van der Waals surface area contributed by atoms with Crippen LogP contribution in [0.15, 0.2) is 60.8 Å². The summed E-state index contributed by atoms with van der Waals surface area (Å²) >= 11 is 0. The second-order valence-electron chi connectivity index (χ2n) is 6.89. The van der Waals surface area contributed by atoms with Crippen molar-refractivity contribution in [3.8, 4) is 11.5 Å². The first-order valence-corrected chi connectivity index (χ1v) is 9.39. The van der Waals surface area contributed by atoms with Crippen LogP contribution >= 0.6 is 0 Å². The number of hydrogen-bond acceptors (Lipinski definition) is 4. The van der Waals surface area contributed by atoms with E-state index in [1.54, 1.807) is 13.2 Å². The molecule has 3 rings (SSSR count). The standard InChI is InChI=1S/C23H24FN3O2/c1-16-13-18(10-12-26-16)15-27(2)23(28)21-14-20(7-8-22(21)24)29-19-5-3-17(4-6-19)9-11-25/h3-8,10,12-14H,9,11,15,25H2,1-2H3. The van der Waals surface area contributed by atoms with E-state index in [0.29, 0.717) is 24.6 Å². The molecule has 150 valence electrons. The van der Waals surface area contributed by atoms with Gasteiger partial charge in [0.15, 0.2) is 0 Å². The smallest absolute Gasteiger partial charge is 0.257 e. The van der Waals surface area contributed by atoms with Crippen LogP contribution < -0.4 is 10.5 Å². The summed E-state index contributed by atoms with van der Waals surface area (Å²) in [6.45, 7) is 2.82. The summed E-state index contributed by atoms with van der Waals surface area (Å²) in [7, 11) is 1.64. The number of hydrogen-bond donors (Lipinski definition) is 1. The highest BCUT2D eigenvalue weighted by atomic mass is 19.1. The minimum absolute atomic E-state index is 0.0319. The summed E-state index contributed by atoms with van der Waals surface area (Å²) in [5.41, 5.74) is 8.43. The molecule has 0 fully saturated rings. The Balaban J connectivity index is 1.74. The fraction of sp³-hybridized carbons (Fsp3) is 0.217. The van der Waals surface area contributed by atoms with Gasteiger partial charge in [0.05, 0.1) is 5.56 Å². The Bertz CT molecular complexity index is 990. The number of benzene rings is 2. The third-order valence-electron chi connectivity index (χ3n) is 4.49. The number of carbonyl (C=O) groups is 1. The zero-order valence-electron chi connectivity index (χ0n) is 16.6. The number of aryl methyl sites for hydroxylation is 1. The molecule has 0 saturated carbocycles. The number of pyridine rings is 1. The van der Waals surface area contributed by atoms with Gasteiger partial charge in [-0.25, -0.2) is 4.39 Å². The highest BCUT2D eigenvalue weighted by Crippen LogP contribution is 2.25. The van der Waals surface area contributed by atoms with Crippen LogP contribution in [0.5, 0.6) is 11.5 Å². The Morgan fingerprint density at radius 3 is 2.48 bits per heavy atom. The van der Waals surface area contributed by atoms with Crippen molar-refractivity contribution in [2.75, 3.05) is 13.6 Å². The van der Waals surface area contributed by atoms with Crippen LogP contribution in [-0.2, 0) is 13.0 Å². The predicted molar refractivity (Wildman–Crippen MR) is 110 cm³/mol. The van der Waals surface area contributed by atoms with E-state index >= 15 is 0 Å². The normalized spacial score (nSPS) is 10.6. The van der Waals surface area contributed by atoms with E-state index in [1.165, 1.54) is 23.1 Å². The number of ether oxygens (including phenoxy) is 1. The molecule has 2 aromatic carbocycles.